The minimum atomic E-state index is -1.50. The Morgan fingerprint density at radius 1 is 1.22 bits per heavy atom. The van der Waals surface area contributed by atoms with Gasteiger partial charge in [0.1, 0.15) is 5.82 Å². The van der Waals surface area contributed by atoms with Gasteiger partial charge in [0.25, 0.3) is 0 Å². The number of halogens is 1. The molecule has 1 atom stereocenters. The van der Waals surface area contributed by atoms with Crippen LogP contribution in [0, 0.1) is 23.1 Å². The van der Waals surface area contributed by atoms with Gasteiger partial charge in [-0.15, -0.1) is 0 Å². The summed E-state index contributed by atoms with van der Waals surface area (Å²) in [5.41, 5.74) is 0.538. The second-order valence-electron chi connectivity index (χ2n) is 6.91. The van der Waals surface area contributed by atoms with Crippen molar-refractivity contribution in [2.45, 2.75) is 25.9 Å². The molecular formula is C22H21FN2O2. The number of rotatable bonds is 5. The van der Waals surface area contributed by atoms with Gasteiger partial charge in [0.15, 0.2) is 5.60 Å². The van der Waals surface area contributed by atoms with Crippen molar-refractivity contribution in [3.05, 3.63) is 59.9 Å². The van der Waals surface area contributed by atoms with E-state index in [-0.39, 0.29) is 18.2 Å². The predicted molar refractivity (Wildman–Crippen MR) is 103 cm³/mol. The van der Waals surface area contributed by atoms with Gasteiger partial charge in [-0.2, -0.15) is 5.26 Å². The van der Waals surface area contributed by atoms with E-state index < -0.39 is 5.60 Å². The average Bonchev–Trinajstić information content (AvgIpc) is 2.68. The number of nitrogens with zero attached hydrogens (tertiary/aromatic N) is 2. The molecule has 0 amide bonds. The molecule has 138 valence electrons. The van der Waals surface area contributed by atoms with Crippen molar-refractivity contribution in [3.63, 3.8) is 0 Å². The van der Waals surface area contributed by atoms with Gasteiger partial charge in [-0.25, -0.2) is 9.37 Å². The number of aromatic nitrogens is 1. The molecule has 0 aliphatic carbocycles. The molecule has 3 rings (SSSR count). The van der Waals surface area contributed by atoms with Crippen LogP contribution in [-0.4, -0.2) is 22.8 Å². The lowest BCUT2D eigenvalue weighted by atomic mass is 9.86. The van der Waals surface area contributed by atoms with Gasteiger partial charge in [-0.05, 0) is 29.5 Å². The second kappa shape index (κ2) is 7.34. The van der Waals surface area contributed by atoms with Crippen molar-refractivity contribution >= 4 is 10.8 Å². The molecule has 0 radical (unpaired) electrons. The lowest BCUT2D eigenvalue weighted by Gasteiger charge is -2.25. The molecule has 0 saturated carbocycles. The molecular weight excluding hydrogens is 343 g/mol. The Morgan fingerprint density at radius 3 is 2.67 bits per heavy atom. The molecule has 0 saturated heterocycles. The SMILES string of the molecule is COc1nc(-c2ccc3cccc(F)c3c2)ccc1CC(O)(C#N)C(C)C. The fourth-order valence-corrected chi connectivity index (χ4v) is 3.00. The highest BCUT2D eigenvalue weighted by atomic mass is 19.1. The predicted octanol–water partition coefficient (Wildman–Crippen LogP) is 4.50. The first-order valence-electron chi connectivity index (χ1n) is 8.74. The number of ether oxygens (including phenoxy) is 1. The number of benzene rings is 2. The molecule has 5 heteroatoms. The van der Waals surface area contributed by atoms with Crippen molar-refractivity contribution in [2.24, 2.45) is 5.92 Å². The Labute approximate surface area is 157 Å². The quantitative estimate of drug-likeness (QED) is 0.677. The Morgan fingerprint density at radius 2 is 2.00 bits per heavy atom. The van der Waals surface area contributed by atoms with Crippen LogP contribution in [-0.2, 0) is 6.42 Å². The molecule has 1 unspecified atom stereocenters. The number of nitriles is 1. The van der Waals surface area contributed by atoms with Crippen LogP contribution in [0.25, 0.3) is 22.0 Å². The average molecular weight is 364 g/mol. The molecule has 27 heavy (non-hydrogen) atoms. The van der Waals surface area contributed by atoms with Crippen molar-refractivity contribution in [1.29, 1.82) is 5.26 Å². The zero-order valence-corrected chi connectivity index (χ0v) is 15.5. The number of methoxy groups -OCH3 is 1. The molecule has 3 aromatic rings. The van der Waals surface area contributed by atoms with E-state index in [0.717, 1.165) is 10.9 Å². The first-order valence-corrected chi connectivity index (χ1v) is 8.74. The minimum absolute atomic E-state index is 0.115. The smallest absolute Gasteiger partial charge is 0.216 e. The van der Waals surface area contributed by atoms with Crippen LogP contribution >= 0.6 is 0 Å². The van der Waals surface area contributed by atoms with Crippen LogP contribution < -0.4 is 4.74 Å². The lowest BCUT2D eigenvalue weighted by molar-refractivity contribution is 0.0507. The van der Waals surface area contributed by atoms with Gasteiger partial charge in [-0.1, -0.05) is 44.2 Å². The number of pyridine rings is 1. The summed E-state index contributed by atoms with van der Waals surface area (Å²) in [6.45, 7) is 3.59. The third kappa shape index (κ3) is 3.62. The van der Waals surface area contributed by atoms with Crippen molar-refractivity contribution < 1.29 is 14.2 Å². The van der Waals surface area contributed by atoms with Crippen LogP contribution in [0.2, 0.25) is 0 Å². The summed E-state index contributed by atoms with van der Waals surface area (Å²) in [5, 5.41) is 21.2. The molecule has 1 aromatic heterocycles. The van der Waals surface area contributed by atoms with Crippen LogP contribution in [0.15, 0.2) is 48.5 Å². The summed E-state index contributed by atoms with van der Waals surface area (Å²) in [4.78, 5) is 4.51. The van der Waals surface area contributed by atoms with Crippen LogP contribution in [0.4, 0.5) is 4.39 Å². The van der Waals surface area contributed by atoms with E-state index >= 15 is 0 Å². The lowest BCUT2D eigenvalue weighted by Crippen LogP contribution is -2.35. The molecule has 0 aliphatic heterocycles. The monoisotopic (exact) mass is 364 g/mol. The van der Waals surface area contributed by atoms with Gasteiger partial charge in [-0.3, -0.25) is 0 Å². The molecule has 4 nitrogen and oxygen atoms in total. The van der Waals surface area contributed by atoms with Crippen molar-refractivity contribution in [3.8, 4) is 23.2 Å². The largest absolute Gasteiger partial charge is 0.481 e. The van der Waals surface area contributed by atoms with Crippen molar-refractivity contribution in [1.82, 2.24) is 4.98 Å². The maximum atomic E-state index is 14.1. The highest BCUT2D eigenvalue weighted by Gasteiger charge is 2.32. The third-order valence-electron chi connectivity index (χ3n) is 4.87. The Bertz CT molecular complexity index is 1030. The molecule has 2 aromatic carbocycles. The van der Waals surface area contributed by atoms with Gasteiger partial charge in [0.05, 0.1) is 18.9 Å². The molecule has 0 aliphatic rings. The van der Waals surface area contributed by atoms with E-state index in [4.69, 9.17) is 4.74 Å². The van der Waals surface area contributed by atoms with E-state index in [0.29, 0.717) is 22.5 Å². The van der Waals surface area contributed by atoms with E-state index in [1.807, 2.05) is 24.3 Å². The van der Waals surface area contributed by atoms with Gasteiger partial charge >= 0.3 is 0 Å². The van der Waals surface area contributed by atoms with Gasteiger partial charge in [0.2, 0.25) is 5.88 Å². The normalized spacial score (nSPS) is 13.4. The van der Waals surface area contributed by atoms with E-state index in [9.17, 15) is 14.8 Å². The highest BCUT2D eigenvalue weighted by molar-refractivity contribution is 5.87. The number of aliphatic hydroxyl groups is 1. The topological polar surface area (TPSA) is 66.1 Å². The zero-order chi connectivity index (χ0) is 19.6. The minimum Gasteiger partial charge on any atom is -0.481 e. The second-order valence-corrected chi connectivity index (χ2v) is 6.91. The summed E-state index contributed by atoms with van der Waals surface area (Å²) in [7, 11) is 1.50. The van der Waals surface area contributed by atoms with Crippen LogP contribution in [0.5, 0.6) is 5.88 Å². The Hall–Kier alpha value is -2.97. The molecule has 0 spiro atoms. The fraction of sp³-hybridized carbons (Fsp3) is 0.273. The van der Waals surface area contributed by atoms with Gasteiger partial charge < -0.3 is 9.84 Å². The molecule has 1 N–H and O–H groups in total. The Kier molecular flexibility index (Phi) is 5.11. The summed E-state index contributed by atoms with van der Waals surface area (Å²) >= 11 is 0. The Balaban J connectivity index is 2.02. The van der Waals surface area contributed by atoms with Gasteiger partial charge in [0, 0.05) is 22.9 Å². The maximum Gasteiger partial charge on any atom is 0.216 e. The maximum absolute atomic E-state index is 14.1. The summed E-state index contributed by atoms with van der Waals surface area (Å²) in [5.74, 6) is -0.181. The number of fused-ring (bicyclic) bond motifs is 1. The summed E-state index contributed by atoms with van der Waals surface area (Å²) in [6.07, 6.45) is 0.115. The molecule has 0 bridgehead atoms. The molecule has 0 fully saturated rings. The number of hydrogen-bond donors (Lipinski definition) is 1. The first kappa shape index (κ1) is 18.8. The zero-order valence-electron chi connectivity index (χ0n) is 15.5. The standard InChI is InChI=1S/C22H21FN2O2/c1-14(2)22(26,13-24)12-17-9-10-20(25-21(17)27-3)16-8-7-15-5-4-6-19(23)18(15)11-16/h4-11,14,26H,12H2,1-3H3. The van der Waals surface area contributed by atoms with E-state index in [2.05, 4.69) is 4.98 Å². The third-order valence-corrected chi connectivity index (χ3v) is 4.87. The van der Waals surface area contributed by atoms with E-state index in [1.54, 1.807) is 38.1 Å². The van der Waals surface area contributed by atoms with Crippen LogP contribution in [0.3, 0.4) is 0 Å². The highest BCUT2D eigenvalue weighted by Crippen LogP contribution is 2.30. The van der Waals surface area contributed by atoms with E-state index in [1.165, 1.54) is 13.2 Å². The molecule has 1 heterocycles. The number of hydrogen-bond acceptors (Lipinski definition) is 4. The summed E-state index contributed by atoms with van der Waals surface area (Å²) < 4.78 is 19.5. The first-order chi connectivity index (χ1) is 12.9. The summed E-state index contributed by atoms with van der Waals surface area (Å²) in [6, 6.07) is 16.0. The fourth-order valence-electron chi connectivity index (χ4n) is 3.00. The van der Waals surface area contributed by atoms with Crippen molar-refractivity contribution in [2.75, 3.05) is 7.11 Å². The van der Waals surface area contributed by atoms with Crippen LogP contribution in [0.1, 0.15) is 19.4 Å².